The maximum atomic E-state index is 13.4. The first kappa shape index (κ1) is 24.6. The van der Waals surface area contributed by atoms with Gasteiger partial charge in [-0.25, -0.2) is 0 Å². The van der Waals surface area contributed by atoms with Crippen molar-refractivity contribution < 1.29 is 24.2 Å². The molecule has 0 bridgehead atoms. The van der Waals surface area contributed by atoms with Crippen LogP contribution >= 0.6 is 23.2 Å². The molecular formula is C27H23Cl2NO5. The van der Waals surface area contributed by atoms with Gasteiger partial charge in [0.25, 0.3) is 11.7 Å². The third kappa shape index (κ3) is 4.47. The highest BCUT2D eigenvalue weighted by atomic mass is 35.5. The van der Waals surface area contributed by atoms with E-state index in [4.69, 9.17) is 32.7 Å². The molecule has 6 nitrogen and oxygen atoms in total. The molecule has 180 valence electrons. The number of aryl methyl sites for hydroxylation is 1. The van der Waals surface area contributed by atoms with Gasteiger partial charge in [-0.05, 0) is 55.8 Å². The lowest BCUT2D eigenvalue weighted by Crippen LogP contribution is -2.29. The first-order chi connectivity index (χ1) is 16.8. The Labute approximate surface area is 213 Å². The highest BCUT2D eigenvalue weighted by Gasteiger charge is 2.48. The fourth-order valence-corrected chi connectivity index (χ4v) is 4.44. The summed E-state index contributed by atoms with van der Waals surface area (Å²) < 4.78 is 11.1. The van der Waals surface area contributed by atoms with E-state index in [1.54, 1.807) is 54.6 Å². The molecule has 3 aromatic carbocycles. The number of rotatable bonds is 6. The number of aliphatic hydroxyl groups excluding tert-OH is 1. The number of anilines is 1. The second-order valence-electron chi connectivity index (χ2n) is 7.92. The molecule has 1 atom stereocenters. The van der Waals surface area contributed by atoms with E-state index in [0.717, 1.165) is 5.56 Å². The molecule has 35 heavy (non-hydrogen) atoms. The molecule has 1 amide bonds. The largest absolute Gasteiger partial charge is 0.507 e. The fourth-order valence-electron chi connectivity index (χ4n) is 4.09. The SMILES string of the molecule is CCOc1cc(/C(O)=C2\C(=O)C(=O)N(c3ccc(C)c(Cl)c3)C2c2ccccc2OC)ccc1Cl. The minimum absolute atomic E-state index is 0.0824. The zero-order chi connectivity index (χ0) is 25.3. The smallest absolute Gasteiger partial charge is 0.300 e. The Bertz CT molecular complexity index is 1350. The Balaban J connectivity index is 1.98. The minimum Gasteiger partial charge on any atom is -0.507 e. The van der Waals surface area contributed by atoms with Gasteiger partial charge in [0, 0.05) is 21.8 Å². The predicted octanol–water partition coefficient (Wildman–Crippen LogP) is 6.34. The topological polar surface area (TPSA) is 76.1 Å². The van der Waals surface area contributed by atoms with Gasteiger partial charge in [0.2, 0.25) is 0 Å². The number of hydrogen-bond donors (Lipinski definition) is 1. The lowest BCUT2D eigenvalue weighted by Gasteiger charge is -2.27. The molecule has 1 aliphatic rings. The second kappa shape index (κ2) is 10.0. The van der Waals surface area contributed by atoms with Crippen LogP contribution < -0.4 is 14.4 Å². The molecular weight excluding hydrogens is 489 g/mol. The minimum atomic E-state index is -0.962. The first-order valence-corrected chi connectivity index (χ1v) is 11.7. The van der Waals surface area contributed by atoms with Crippen molar-refractivity contribution in [2.45, 2.75) is 19.9 Å². The molecule has 3 aromatic rings. The molecule has 1 fully saturated rings. The van der Waals surface area contributed by atoms with E-state index in [0.29, 0.717) is 39.4 Å². The number of benzene rings is 3. The van der Waals surface area contributed by atoms with Crippen LogP contribution in [0.25, 0.3) is 5.76 Å². The van der Waals surface area contributed by atoms with E-state index in [1.165, 1.54) is 18.1 Å². The molecule has 1 aliphatic heterocycles. The van der Waals surface area contributed by atoms with Crippen molar-refractivity contribution in [3.63, 3.8) is 0 Å². The number of ketones is 1. The number of nitrogens with zero attached hydrogens (tertiary/aromatic N) is 1. The quantitative estimate of drug-likeness (QED) is 0.237. The van der Waals surface area contributed by atoms with E-state index in [2.05, 4.69) is 0 Å². The number of Topliss-reactive ketones (excluding diaryl/α,β-unsaturated/α-hetero) is 1. The van der Waals surface area contributed by atoms with Crippen molar-refractivity contribution in [2.75, 3.05) is 18.6 Å². The lowest BCUT2D eigenvalue weighted by molar-refractivity contribution is -0.132. The van der Waals surface area contributed by atoms with Crippen molar-refractivity contribution in [1.82, 2.24) is 0 Å². The normalized spacial score (nSPS) is 17.1. The molecule has 4 rings (SSSR count). The molecule has 1 N–H and O–H groups in total. The van der Waals surface area contributed by atoms with Crippen LogP contribution in [0.15, 0.2) is 66.2 Å². The average Bonchev–Trinajstić information content (AvgIpc) is 3.12. The van der Waals surface area contributed by atoms with Gasteiger partial charge in [0.1, 0.15) is 17.3 Å². The van der Waals surface area contributed by atoms with Gasteiger partial charge < -0.3 is 14.6 Å². The van der Waals surface area contributed by atoms with Crippen LogP contribution in [0.4, 0.5) is 5.69 Å². The lowest BCUT2D eigenvalue weighted by atomic mass is 9.94. The van der Waals surface area contributed by atoms with Crippen molar-refractivity contribution in [3.8, 4) is 11.5 Å². The summed E-state index contributed by atoms with van der Waals surface area (Å²) >= 11 is 12.6. The van der Waals surface area contributed by atoms with Gasteiger partial charge in [-0.1, -0.05) is 47.5 Å². The Morgan fingerprint density at radius 1 is 1.00 bits per heavy atom. The zero-order valence-corrected chi connectivity index (χ0v) is 20.9. The van der Waals surface area contributed by atoms with Gasteiger partial charge in [0.05, 0.1) is 30.4 Å². The van der Waals surface area contributed by atoms with Gasteiger partial charge in [0.15, 0.2) is 0 Å². The van der Waals surface area contributed by atoms with Crippen molar-refractivity contribution >= 4 is 46.3 Å². The van der Waals surface area contributed by atoms with Crippen LogP contribution in [0.2, 0.25) is 10.0 Å². The van der Waals surface area contributed by atoms with Gasteiger partial charge >= 0.3 is 0 Å². The molecule has 1 saturated heterocycles. The molecule has 0 radical (unpaired) electrons. The monoisotopic (exact) mass is 511 g/mol. The second-order valence-corrected chi connectivity index (χ2v) is 8.74. The van der Waals surface area contributed by atoms with E-state index >= 15 is 0 Å². The molecule has 0 aliphatic carbocycles. The number of hydrogen-bond acceptors (Lipinski definition) is 5. The third-order valence-corrected chi connectivity index (χ3v) is 6.54. The highest BCUT2D eigenvalue weighted by Crippen LogP contribution is 2.45. The van der Waals surface area contributed by atoms with E-state index in [9.17, 15) is 14.7 Å². The summed E-state index contributed by atoms with van der Waals surface area (Å²) in [6, 6.07) is 15.8. The average molecular weight is 512 g/mol. The molecule has 0 spiro atoms. The molecule has 1 unspecified atom stereocenters. The van der Waals surface area contributed by atoms with Crippen LogP contribution in [0.1, 0.15) is 29.7 Å². The molecule has 0 aromatic heterocycles. The Morgan fingerprint density at radius 2 is 1.74 bits per heavy atom. The molecule has 0 saturated carbocycles. The zero-order valence-electron chi connectivity index (χ0n) is 19.3. The molecule has 8 heteroatoms. The van der Waals surface area contributed by atoms with Crippen LogP contribution in [0.3, 0.4) is 0 Å². The fraction of sp³-hybridized carbons (Fsp3) is 0.185. The summed E-state index contributed by atoms with van der Waals surface area (Å²) in [5.74, 6) is -1.16. The van der Waals surface area contributed by atoms with Gasteiger partial charge in [-0.2, -0.15) is 0 Å². The summed E-state index contributed by atoms with van der Waals surface area (Å²) in [4.78, 5) is 28.1. The van der Waals surface area contributed by atoms with E-state index < -0.39 is 17.7 Å². The number of carbonyl (C=O) groups excluding carboxylic acids is 2. The molecule has 1 heterocycles. The van der Waals surface area contributed by atoms with E-state index in [-0.39, 0.29) is 16.9 Å². The van der Waals surface area contributed by atoms with Crippen molar-refractivity contribution in [2.24, 2.45) is 0 Å². The number of methoxy groups -OCH3 is 1. The van der Waals surface area contributed by atoms with Crippen LogP contribution in [-0.4, -0.2) is 30.5 Å². The first-order valence-electron chi connectivity index (χ1n) is 10.9. The van der Waals surface area contributed by atoms with Crippen LogP contribution in [-0.2, 0) is 9.59 Å². The van der Waals surface area contributed by atoms with Gasteiger partial charge in [-0.3, -0.25) is 14.5 Å². The van der Waals surface area contributed by atoms with Gasteiger partial charge in [-0.15, -0.1) is 0 Å². The van der Waals surface area contributed by atoms with Crippen LogP contribution in [0, 0.1) is 6.92 Å². The summed E-state index contributed by atoms with van der Waals surface area (Å²) in [5, 5.41) is 12.2. The Kier molecular flexibility index (Phi) is 7.05. The number of amides is 1. The number of para-hydroxylation sites is 1. The van der Waals surface area contributed by atoms with E-state index in [1.807, 2.05) is 13.8 Å². The number of halogens is 2. The Morgan fingerprint density at radius 3 is 2.43 bits per heavy atom. The summed E-state index contributed by atoms with van der Waals surface area (Å²) in [5.41, 5.74) is 1.99. The predicted molar refractivity (Wildman–Crippen MR) is 137 cm³/mol. The van der Waals surface area contributed by atoms with Crippen LogP contribution in [0.5, 0.6) is 11.5 Å². The number of ether oxygens (including phenoxy) is 2. The third-order valence-electron chi connectivity index (χ3n) is 5.82. The number of carbonyl (C=O) groups is 2. The maximum Gasteiger partial charge on any atom is 0.300 e. The highest BCUT2D eigenvalue weighted by molar-refractivity contribution is 6.52. The maximum absolute atomic E-state index is 13.4. The van der Waals surface area contributed by atoms with Crippen molar-refractivity contribution in [3.05, 3.63) is 93.0 Å². The standard InChI is InChI=1S/C27H23Cl2NO5/c1-4-35-22-13-16(10-12-19(22)28)25(31)23-24(18-7-5-6-8-21(18)34-3)30(27(33)26(23)32)17-11-9-15(2)20(29)14-17/h5-14,24,31H,4H2,1-3H3/b25-23+. The summed E-state index contributed by atoms with van der Waals surface area (Å²) in [6.45, 7) is 4.01. The summed E-state index contributed by atoms with van der Waals surface area (Å²) in [6.07, 6.45) is 0. The van der Waals surface area contributed by atoms with Crippen molar-refractivity contribution in [1.29, 1.82) is 0 Å². The summed E-state index contributed by atoms with van der Waals surface area (Å²) in [7, 11) is 1.50. The Hall–Kier alpha value is -3.48. The number of aliphatic hydroxyl groups is 1.